The molecule has 128 valence electrons. The monoisotopic (exact) mass is 328 g/mol. The van der Waals surface area contributed by atoms with Crippen molar-refractivity contribution in [2.24, 2.45) is 7.05 Å². The SMILES string of the molecule is Cc1ccc(CNC(=O)c2ccc(OCC3CCCO3)cc2)n1C. The zero-order valence-electron chi connectivity index (χ0n) is 14.2. The maximum absolute atomic E-state index is 12.2. The Morgan fingerprint density at radius 1 is 1.29 bits per heavy atom. The van der Waals surface area contributed by atoms with Gasteiger partial charge in [0.25, 0.3) is 5.91 Å². The summed E-state index contributed by atoms with van der Waals surface area (Å²) in [6, 6.07) is 11.3. The third-order valence-corrected chi connectivity index (χ3v) is 4.48. The minimum atomic E-state index is -0.0838. The van der Waals surface area contributed by atoms with E-state index in [1.807, 2.05) is 38.2 Å². The number of amides is 1. The first kappa shape index (κ1) is 16.6. The van der Waals surface area contributed by atoms with Crippen LogP contribution < -0.4 is 10.1 Å². The van der Waals surface area contributed by atoms with Crippen molar-refractivity contribution in [3.8, 4) is 5.75 Å². The molecule has 1 aromatic heterocycles. The molecule has 0 spiro atoms. The first-order chi connectivity index (χ1) is 11.6. The lowest BCUT2D eigenvalue weighted by Gasteiger charge is -2.12. The predicted molar refractivity (Wildman–Crippen MR) is 92.2 cm³/mol. The molecule has 1 aliphatic heterocycles. The van der Waals surface area contributed by atoms with Crippen LogP contribution in [0.25, 0.3) is 0 Å². The van der Waals surface area contributed by atoms with Gasteiger partial charge in [-0.3, -0.25) is 4.79 Å². The van der Waals surface area contributed by atoms with Gasteiger partial charge in [0.05, 0.1) is 12.6 Å². The molecule has 1 fully saturated rings. The number of benzene rings is 1. The highest BCUT2D eigenvalue weighted by molar-refractivity contribution is 5.94. The summed E-state index contributed by atoms with van der Waals surface area (Å²) in [5.74, 6) is 0.680. The molecule has 1 aromatic carbocycles. The summed E-state index contributed by atoms with van der Waals surface area (Å²) in [6.07, 6.45) is 2.36. The van der Waals surface area contributed by atoms with Gasteiger partial charge in [0.15, 0.2) is 0 Å². The van der Waals surface area contributed by atoms with Crippen LogP contribution in [0.1, 0.15) is 34.6 Å². The summed E-state index contributed by atoms with van der Waals surface area (Å²) in [4.78, 5) is 12.2. The lowest BCUT2D eigenvalue weighted by atomic mass is 10.2. The summed E-state index contributed by atoms with van der Waals surface area (Å²) in [5, 5.41) is 2.95. The highest BCUT2D eigenvalue weighted by atomic mass is 16.5. The van der Waals surface area contributed by atoms with Gasteiger partial charge in [0.2, 0.25) is 0 Å². The minimum Gasteiger partial charge on any atom is -0.491 e. The third-order valence-electron chi connectivity index (χ3n) is 4.48. The number of hydrogen-bond donors (Lipinski definition) is 1. The van der Waals surface area contributed by atoms with Gasteiger partial charge in [-0.1, -0.05) is 0 Å². The Hall–Kier alpha value is -2.27. The second-order valence-corrected chi connectivity index (χ2v) is 6.18. The van der Waals surface area contributed by atoms with Gasteiger partial charge in [-0.15, -0.1) is 0 Å². The van der Waals surface area contributed by atoms with Crippen molar-refractivity contribution in [2.75, 3.05) is 13.2 Å². The lowest BCUT2D eigenvalue weighted by molar-refractivity contribution is 0.0679. The molecule has 2 heterocycles. The van der Waals surface area contributed by atoms with Gasteiger partial charge >= 0.3 is 0 Å². The number of aryl methyl sites for hydroxylation is 1. The van der Waals surface area contributed by atoms with Crippen LogP contribution in [0.15, 0.2) is 36.4 Å². The van der Waals surface area contributed by atoms with E-state index < -0.39 is 0 Å². The van der Waals surface area contributed by atoms with E-state index in [0.29, 0.717) is 18.7 Å². The van der Waals surface area contributed by atoms with E-state index >= 15 is 0 Å². The molecule has 5 nitrogen and oxygen atoms in total. The Balaban J connectivity index is 1.50. The van der Waals surface area contributed by atoms with Crippen molar-refractivity contribution in [1.82, 2.24) is 9.88 Å². The average Bonchev–Trinajstić information content (AvgIpc) is 3.23. The number of carbonyl (C=O) groups is 1. The quantitative estimate of drug-likeness (QED) is 0.887. The maximum Gasteiger partial charge on any atom is 0.251 e. The molecule has 0 aliphatic carbocycles. The second-order valence-electron chi connectivity index (χ2n) is 6.18. The van der Waals surface area contributed by atoms with Gasteiger partial charge < -0.3 is 19.4 Å². The number of hydrogen-bond acceptors (Lipinski definition) is 3. The minimum absolute atomic E-state index is 0.0838. The number of ether oxygens (including phenoxy) is 2. The summed E-state index contributed by atoms with van der Waals surface area (Å²) >= 11 is 0. The van der Waals surface area contributed by atoms with Crippen molar-refractivity contribution in [2.45, 2.75) is 32.4 Å². The molecule has 0 bridgehead atoms. The van der Waals surface area contributed by atoms with Crippen LogP contribution in [-0.2, 0) is 18.3 Å². The van der Waals surface area contributed by atoms with Crippen molar-refractivity contribution in [1.29, 1.82) is 0 Å². The summed E-state index contributed by atoms with van der Waals surface area (Å²) in [7, 11) is 2.00. The highest BCUT2D eigenvalue weighted by Gasteiger charge is 2.16. The van der Waals surface area contributed by atoms with Crippen LogP contribution in [0, 0.1) is 6.92 Å². The largest absolute Gasteiger partial charge is 0.491 e. The molecule has 1 amide bonds. The van der Waals surface area contributed by atoms with Crippen LogP contribution in [0.2, 0.25) is 0 Å². The molecular formula is C19H24N2O3. The van der Waals surface area contributed by atoms with Gasteiger partial charge in [0.1, 0.15) is 12.4 Å². The third kappa shape index (κ3) is 3.97. The Morgan fingerprint density at radius 3 is 2.71 bits per heavy atom. The first-order valence-corrected chi connectivity index (χ1v) is 8.37. The van der Waals surface area contributed by atoms with E-state index in [-0.39, 0.29) is 12.0 Å². The number of nitrogens with one attached hydrogen (secondary N) is 1. The zero-order valence-corrected chi connectivity index (χ0v) is 14.2. The van der Waals surface area contributed by atoms with Crippen molar-refractivity contribution < 1.29 is 14.3 Å². The fourth-order valence-corrected chi connectivity index (χ4v) is 2.78. The molecule has 0 saturated carbocycles. The molecule has 1 unspecified atom stereocenters. The Morgan fingerprint density at radius 2 is 2.08 bits per heavy atom. The predicted octanol–water partition coefficient (Wildman–Crippen LogP) is 2.82. The van der Waals surface area contributed by atoms with E-state index in [1.165, 1.54) is 5.69 Å². The molecule has 1 saturated heterocycles. The molecule has 3 rings (SSSR count). The number of nitrogens with zero attached hydrogens (tertiary/aromatic N) is 1. The molecule has 5 heteroatoms. The topological polar surface area (TPSA) is 52.5 Å². The normalized spacial score (nSPS) is 17.0. The van der Waals surface area contributed by atoms with Crippen molar-refractivity contribution >= 4 is 5.91 Å². The van der Waals surface area contributed by atoms with E-state index in [0.717, 1.165) is 30.9 Å². The van der Waals surface area contributed by atoms with Gasteiger partial charge in [0, 0.05) is 30.6 Å². The molecule has 2 aromatic rings. The fraction of sp³-hybridized carbons (Fsp3) is 0.421. The van der Waals surface area contributed by atoms with E-state index in [2.05, 4.69) is 9.88 Å². The van der Waals surface area contributed by atoms with Crippen molar-refractivity contribution in [3.63, 3.8) is 0 Å². The number of carbonyl (C=O) groups excluding carboxylic acids is 1. The number of rotatable bonds is 6. The average molecular weight is 328 g/mol. The standard InChI is InChI=1S/C19H24N2O3/c1-14-5-8-16(21(14)2)12-20-19(22)15-6-9-17(10-7-15)24-13-18-4-3-11-23-18/h5-10,18H,3-4,11-13H2,1-2H3,(H,20,22). The molecule has 1 aliphatic rings. The molecule has 1 N–H and O–H groups in total. The Labute approximate surface area is 142 Å². The summed E-state index contributed by atoms with van der Waals surface area (Å²) in [6.45, 7) is 3.95. The highest BCUT2D eigenvalue weighted by Crippen LogP contribution is 2.16. The zero-order chi connectivity index (χ0) is 16.9. The smallest absolute Gasteiger partial charge is 0.251 e. The Bertz CT molecular complexity index is 685. The lowest BCUT2D eigenvalue weighted by Crippen LogP contribution is -2.24. The van der Waals surface area contributed by atoms with Gasteiger partial charge in [-0.2, -0.15) is 0 Å². The summed E-state index contributed by atoms with van der Waals surface area (Å²) < 4.78 is 13.3. The Kier molecular flexibility index (Phi) is 5.20. The van der Waals surface area contributed by atoms with Crippen LogP contribution in [0.4, 0.5) is 0 Å². The van der Waals surface area contributed by atoms with Crippen LogP contribution >= 0.6 is 0 Å². The summed E-state index contributed by atoms with van der Waals surface area (Å²) in [5.41, 5.74) is 2.88. The van der Waals surface area contributed by atoms with Gasteiger partial charge in [-0.25, -0.2) is 0 Å². The molecule has 24 heavy (non-hydrogen) atoms. The molecular weight excluding hydrogens is 304 g/mol. The van der Waals surface area contributed by atoms with Crippen molar-refractivity contribution in [3.05, 3.63) is 53.3 Å². The fourth-order valence-electron chi connectivity index (χ4n) is 2.78. The van der Waals surface area contributed by atoms with Crippen LogP contribution in [-0.4, -0.2) is 29.8 Å². The van der Waals surface area contributed by atoms with Crippen LogP contribution in [0.5, 0.6) is 5.75 Å². The van der Waals surface area contributed by atoms with E-state index in [9.17, 15) is 4.79 Å². The molecule has 1 atom stereocenters. The van der Waals surface area contributed by atoms with E-state index in [4.69, 9.17) is 9.47 Å². The number of aromatic nitrogens is 1. The van der Waals surface area contributed by atoms with Gasteiger partial charge in [-0.05, 0) is 56.2 Å². The van der Waals surface area contributed by atoms with E-state index in [1.54, 1.807) is 12.1 Å². The first-order valence-electron chi connectivity index (χ1n) is 8.37. The molecule has 0 radical (unpaired) electrons. The maximum atomic E-state index is 12.2. The second kappa shape index (κ2) is 7.53. The van der Waals surface area contributed by atoms with Crippen LogP contribution in [0.3, 0.4) is 0 Å².